The van der Waals surface area contributed by atoms with E-state index in [0.29, 0.717) is 31.9 Å². The van der Waals surface area contributed by atoms with Crippen molar-refractivity contribution >= 4 is 0 Å². The molecule has 0 aromatic heterocycles. The second-order valence-corrected chi connectivity index (χ2v) is 15.8. The van der Waals surface area contributed by atoms with E-state index in [1.807, 2.05) is 48.5 Å². The zero-order valence-corrected chi connectivity index (χ0v) is 36.8. The Bertz CT molecular complexity index is 1850. The molecule has 1 saturated heterocycles. The summed E-state index contributed by atoms with van der Waals surface area (Å²) in [5, 5.41) is 16.4. The zero-order chi connectivity index (χ0) is 43.1. The fraction of sp³-hybridized carbons (Fsp3) is 0.345. The number of benzene rings is 6. The van der Waals surface area contributed by atoms with Gasteiger partial charge in [-0.15, -0.1) is 0 Å². The van der Waals surface area contributed by atoms with Gasteiger partial charge in [0.05, 0.1) is 26.4 Å². The number of aliphatic hydroxyl groups excluding tert-OH is 1. The summed E-state index contributed by atoms with van der Waals surface area (Å²) in [6, 6.07) is 63.5. The summed E-state index contributed by atoms with van der Waals surface area (Å²) < 4.78 is 17.2. The molecule has 0 amide bonds. The number of hydrogen-bond acceptors (Lipinski definition) is 7. The van der Waals surface area contributed by atoms with Gasteiger partial charge in [0.1, 0.15) is 0 Å². The fourth-order valence-corrected chi connectivity index (χ4v) is 6.90. The van der Waals surface area contributed by atoms with Crippen LogP contribution in [0, 0.1) is 0 Å². The van der Waals surface area contributed by atoms with Crippen molar-refractivity contribution < 1.29 is 19.3 Å². The monoisotopic (exact) mass is 836 g/mol. The molecule has 7 rings (SSSR count). The van der Waals surface area contributed by atoms with Crippen LogP contribution in [-0.4, -0.2) is 61.1 Å². The van der Waals surface area contributed by atoms with Crippen molar-refractivity contribution in [2.24, 2.45) is 0 Å². The SMILES string of the molecule is CC[C@H](CCOCc1ccccc1)NCc1ccccc1.OC[C@H](CCOCc1ccccc1)NCc1ccccc1.c1ccc(COCC[C@H]2CN2Cc2ccccc2)cc1. The molecule has 1 unspecified atom stereocenters. The number of ether oxygens (including phenoxy) is 3. The lowest BCUT2D eigenvalue weighted by Gasteiger charge is -2.17. The van der Waals surface area contributed by atoms with E-state index >= 15 is 0 Å². The molecule has 7 heteroatoms. The summed E-state index contributed by atoms with van der Waals surface area (Å²) in [4.78, 5) is 2.50. The topological polar surface area (TPSA) is 75.0 Å². The molecule has 328 valence electrons. The van der Waals surface area contributed by atoms with E-state index in [4.69, 9.17) is 14.2 Å². The lowest BCUT2D eigenvalue weighted by molar-refractivity contribution is 0.102. The minimum absolute atomic E-state index is 0.0704. The third-order valence-electron chi connectivity index (χ3n) is 10.8. The molecule has 1 heterocycles. The van der Waals surface area contributed by atoms with Crippen LogP contribution in [0.25, 0.3) is 0 Å². The van der Waals surface area contributed by atoms with Crippen LogP contribution in [0.5, 0.6) is 0 Å². The molecular weight excluding hydrogens is 767 g/mol. The molecule has 6 aromatic rings. The molecule has 0 aliphatic carbocycles. The molecule has 0 spiro atoms. The van der Waals surface area contributed by atoms with Crippen LogP contribution in [0.3, 0.4) is 0 Å². The molecule has 6 aromatic carbocycles. The highest BCUT2D eigenvalue weighted by molar-refractivity contribution is 5.18. The predicted molar refractivity (Wildman–Crippen MR) is 254 cm³/mol. The molecule has 0 radical (unpaired) electrons. The van der Waals surface area contributed by atoms with Crippen molar-refractivity contribution in [3.63, 3.8) is 0 Å². The quantitative estimate of drug-likeness (QED) is 0.0392. The summed E-state index contributed by atoms with van der Waals surface area (Å²) >= 11 is 0. The van der Waals surface area contributed by atoms with Gasteiger partial charge in [-0.1, -0.05) is 189 Å². The Labute approximate surface area is 372 Å². The van der Waals surface area contributed by atoms with Gasteiger partial charge in [0.25, 0.3) is 0 Å². The number of aliphatic hydroxyl groups is 1. The van der Waals surface area contributed by atoms with Crippen molar-refractivity contribution in [3.05, 3.63) is 215 Å². The number of nitrogens with zero attached hydrogens (tertiary/aromatic N) is 1. The molecule has 0 bridgehead atoms. The van der Waals surface area contributed by atoms with Crippen molar-refractivity contribution in [1.29, 1.82) is 0 Å². The Morgan fingerprint density at radius 2 is 0.839 bits per heavy atom. The molecule has 1 aliphatic rings. The average Bonchev–Trinajstić information content (AvgIpc) is 4.09. The van der Waals surface area contributed by atoms with Gasteiger partial charge in [-0.3, -0.25) is 4.90 Å². The van der Waals surface area contributed by atoms with Crippen LogP contribution < -0.4 is 10.6 Å². The first kappa shape index (κ1) is 48.1. The lowest BCUT2D eigenvalue weighted by atomic mass is 10.1. The van der Waals surface area contributed by atoms with Crippen molar-refractivity contribution in [2.45, 2.75) is 90.2 Å². The van der Waals surface area contributed by atoms with Gasteiger partial charge < -0.3 is 30.0 Å². The van der Waals surface area contributed by atoms with Crippen LogP contribution in [-0.2, 0) is 53.7 Å². The maximum Gasteiger partial charge on any atom is 0.0716 e. The van der Waals surface area contributed by atoms with Gasteiger partial charge >= 0.3 is 0 Å². The van der Waals surface area contributed by atoms with Gasteiger partial charge in [-0.05, 0) is 59.1 Å². The highest BCUT2D eigenvalue weighted by Crippen LogP contribution is 2.24. The number of rotatable bonds is 25. The van der Waals surface area contributed by atoms with Crippen LogP contribution in [0.4, 0.5) is 0 Å². The Morgan fingerprint density at radius 3 is 1.24 bits per heavy atom. The van der Waals surface area contributed by atoms with Crippen molar-refractivity contribution in [1.82, 2.24) is 15.5 Å². The Kier molecular flexibility index (Phi) is 23.4. The van der Waals surface area contributed by atoms with Crippen LogP contribution >= 0.6 is 0 Å². The first-order valence-electron chi connectivity index (χ1n) is 22.5. The Hall–Kier alpha value is -4.96. The predicted octanol–water partition coefficient (Wildman–Crippen LogP) is 10.4. The van der Waals surface area contributed by atoms with Gasteiger partial charge in [0.15, 0.2) is 0 Å². The third kappa shape index (κ3) is 20.7. The summed E-state index contributed by atoms with van der Waals surface area (Å²) in [6.07, 6.45) is 4.12. The summed E-state index contributed by atoms with van der Waals surface area (Å²) in [7, 11) is 0. The largest absolute Gasteiger partial charge is 0.395 e. The van der Waals surface area contributed by atoms with E-state index in [-0.39, 0.29) is 12.6 Å². The summed E-state index contributed by atoms with van der Waals surface area (Å²) in [5.74, 6) is 0. The number of hydrogen-bond donors (Lipinski definition) is 3. The van der Waals surface area contributed by atoms with E-state index in [2.05, 4.69) is 156 Å². The van der Waals surface area contributed by atoms with Gasteiger partial charge in [-0.2, -0.15) is 0 Å². The molecule has 1 fully saturated rings. The Morgan fingerprint density at radius 1 is 0.484 bits per heavy atom. The third-order valence-corrected chi connectivity index (χ3v) is 10.8. The molecule has 7 nitrogen and oxygen atoms in total. The van der Waals surface area contributed by atoms with Gasteiger partial charge in [-0.25, -0.2) is 0 Å². The minimum Gasteiger partial charge on any atom is -0.395 e. The maximum absolute atomic E-state index is 9.40. The standard InChI is InChI=1S/C19H25NO.C18H23NO2.C18H21NO/c1-2-19(20-15-17-9-5-3-6-10-17)13-14-21-16-18-11-7-4-8-12-18;20-14-18(19-13-16-7-3-1-4-8-16)11-12-21-15-17-9-5-2-6-10-17;1-3-7-16(8-4-1)13-19-14-18(19)11-12-20-15-17-9-5-2-6-10-17/h3-12,19-20H,2,13-16H2,1H3;1-10,18-20H,11-15H2;1-10,18H,11-15H2/t19-;18-;18-,19?/m100/s1. The maximum atomic E-state index is 9.40. The molecular formula is C55H69N3O4. The van der Waals surface area contributed by atoms with Crippen LogP contribution in [0.15, 0.2) is 182 Å². The molecule has 3 N–H and O–H groups in total. The zero-order valence-electron chi connectivity index (χ0n) is 36.8. The first-order chi connectivity index (χ1) is 30.7. The van der Waals surface area contributed by atoms with Crippen molar-refractivity contribution in [2.75, 3.05) is 33.0 Å². The highest BCUT2D eigenvalue weighted by atomic mass is 16.5. The molecule has 62 heavy (non-hydrogen) atoms. The van der Waals surface area contributed by atoms with E-state index in [0.717, 1.165) is 65.1 Å². The summed E-state index contributed by atoms with van der Waals surface area (Å²) in [6.45, 7) is 10.7. The lowest BCUT2D eigenvalue weighted by Crippen LogP contribution is -2.33. The second-order valence-electron chi connectivity index (χ2n) is 15.8. The molecule has 0 saturated carbocycles. The van der Waals surface area contributed by atoms with E-state index in [9.17, 15) is 5.11 Å². The van der Waals surface area contributed by atoms with Crippen molar-refractivity contribution in [3.8, 4) is 0 Å². The average molecular weight is 836 g/mol. The van der Waals surface area contributed by atoms with E-state index in [1.54, 1.807) is 0 Å². The smallest absolute Gasteiger partial charge is 0.0716 e. The molecule has 4 atom stereocenters. The number of nitrogens with one attached hydrogen (secondary N) is 2. The fourth-order valence-electron chi connectivity index (χ4n) is 6.90. The van der Waals surface area contributed by atoms with Gasteiger partial charge in [0.2, 0.25) is 0 Å². The normalized spacial score (nSPS) is 15.0. The highest BCUT2D eigenvalue weighted by Gasteiger charge is 2.32. The molecule has 1 aliphatic heterocycles. The Balaban J connectivity index is 0.000000176. The van der Waals surface area contributed by atoms with Crippen LogP contribution in [0.1, 0.15) is 66.0 Å². The van der Waals surface area contributed by atoms with E-state index < -0.39 is 0 Å². The second kappa shape index (κ2) is 30.1. The first-order valence-corrected chi connectivity index (χ1v) is 22.5. The van der Waals surface area contributed by atoms with Crippen LogP contribution in [0.2, 0.25) is 0 Å². The van der Waals surface area contributed by atoms with Gasteiger partial charge in [0, 0.05) is 64.1 Å². The minimum atomic E-state index is 0.0704. The summed E-state index contributed by atoms with van der Waals surface area (Å²) in [5.41, 5.74) is 7.63. The van der Waals surface area contributed by atoms with E-state index in [1.165, 1.54) is 39.9 Å².